The third kappa shape index (κ3) is 3.15. The number of nitrogens with one attached hydrogen (secondary N) is 1. The molecule has 0 radical (unpaired) electrons. The van der Waals surface area contributed by atoms with E-state index in [9.17, 15) is 8.78 Å². The predicted molar refractivity (Wildman–Crippen MR) is 70.8 cm³/mol. The Hall–Kier alpha value is -1.26. The van der Waals surface area contributed by atoms with Crippen molar-refractivity contribution in [2.24, 2.45) is 0 Å². The molecule has 0 saturated heterocycles. The molecular weight excluding hydrogens is 252 g/mol. The van der Waals surface area contributed by atoms with Crippen molar-refractivity contribution in [3.63, 3.8) is 0 Å². The monoisotopic (exact) mass is 267 g/mol. The highest BCUT2D eigenvalue weighted by molar-refractivity contribution is 7.10. The van der Waals surface area contributed by atoms with E-state index in [4.69, 9.17) is 0 Å². The van der Waals surface area contributed by atoms with E-state index >= 15 is 0 Å². The lowest BCUT2D eigenvalue weighted by Gasteiger charge is -2.17. The Bertz CT molecular complexity index is 476. The van der Waals surface area contributed by atoms with Crippen LogP contribution in [0.25, 0.3) is 0 Å². The second-order valence-electron chi connectivity index (χ2n) is 4.11. The topological polar surface area (TPSA) is 12.0 Å². The first-order valence-corrected chi connectivity index (χ1v) is 6.81. The number of benzene rings is 1. The van der Waals surface area contributed by atoms with Gasteiger partial charge in [-0.25, -0.2) is 8.78 Å². The van der Waals surface area contributed by atoms with Crippen LogP contribution in [-0.4, -0.2) is 6.54 Å². The first-order chi connectivity index (χ1) is 8.70. The highest BCUT2D eigenvalue weighted by Crippen LogP contribution is 2.27. The largest absolute Gasteiger partial charge is 0.306 e. The molecule has 4 heteroatoms. The molecule has 1 heterocycles. The van der Waals surface area contributed by atoms with Crippen LogP contribution in [0.1, 0.15) is 29.8 Å². The van der Waals surface area contributed by atoms with Gasteiger partial charge in [-0.05, 0) is 42.1 Å². The normalized spacial score (nSPS) is 12.6. The lowest BCUT2D eigenvalue weighted by atomic mass is 10.0. The molecule has 0 aliphatic rings. The average molecular weight is 267 g/mol. The number of thiophene rings is 1. The van der Waals surface area contributed by atoms with Crippen molar-refractivity contribution >= 4 is 11.3 Å². The van der Waals surface area contributed by atoms with Gasteiger partial charge in [0, 0.05) is 10.9 Å². The molecule has 0 bridgehead atoms. The summed E-state index contributed by atoms with van der Waals surface area (Å²) in [5.74, 6) is -1.07. The van der Waals surface area contributed by atoms with Crippen molar-refractivity contribution in [3.05, 3.63) is 57.8 Å². The van der Waals surface area contributed by atoms with Crippen LogP contribution in [0.4, 0.5) is 8.78 Å². The minimum atomic E-state index is -0.537. The molecule has 1 aromatic heterocycles. The smallest absolute Gasteiger partial charge is 0.126 e. The fourth-order valence-corrected chi connectivity index (χ4v) is 2.70. The van der Waals surface area contributed by atoms with E-state index in [1.165, 1.54) is 12.1 Å². The first kappa shape index (κ1) is 13.2. The van der Waals surface area contributed by atoms with Crippen molar-refractivity contribution in [2.75, 3.05) is 6.54 Å². The third-order valence-electron chi connectivity index (χ3n) is 2.64. The minimum Gasteiger partial charge on any atom is -0.306 e. The molecule has 96 valence electrons. The Balaban J connectivity index is 2.33. The van der Waals surface area contributed by atoms with Crippen molar-refractivity contribution < 1.29 is 8.78 Å². The maximum atomic E-state index is 13.3. The summed E-state index contributed by atoms with van der Waals surface area (Å²) in [6.07, 6.45) is 0.972. The highest BCUT2D eigenvalue weighted by atomic mass is 32.1. The predicted octanol–water partition coefficient (Wildman–Crippen LogP) is 4.12. The van der Waals surface area contributed by atoms with Crippen LogP contribution in [-0.2, 0) is 0 Å². The van der Waals surface area contributed by atoms with Crippen LogP contribution >= 0.6 is 11.3 Å². The Labute approximate surface area is 109 Å². The number of rotatable bonds is 5. The zero-order valence-electron chi connectivity index (χ0n) is 10.1. The molecule has 18 heavy (non-hydrogen) atoms. The van der Waals surface area contributed by atoms with E-state index in [0.29, 0.717) is 5.56 Å². The van der Waals surface area contributed by atoms with Gasteiger partial charge in [0.25, 0.3) is 0 Å². The number of halogens is 2. The van der Waals surface area contributed by atoms with Crippen molar-refractivity contribution in [2.45, 2.75) is 19.4 Å². The maximum Gasteiger partial charge on any atom is 0.126 e. The molecule has 0 amide bonds. The van der Waals surface area contributed by atoms with Gasteiger partial charge in [-0.15, -0.1) is 11.3 Å². The van der Waals surface area contributed by atoms with E-state index in [-0.39, 0.29) is 6.04 Å². The molecule has 0 fully saturated rings. The Morgan fingerprint density at radius 3 is 2.50 bits per heavy atom. The summed E-state index contributed by atoms with van der Waals surface area (Å²) in [7, 11) is 0. The fourth-order valence-electron chi connectivity index (χ4n) is 1.87. The summed E-state index contributed by atoms with van der Waals surface area (Å²) >= 11 is 1.58. The molecule has 1 unspecified atom stereocenters. The minimum absolute atomic E-state index is 0.143. The summed E-state index contributed by atoms with van der Waals surface area (Å²) in [5, 5.41) is 5.28. The summed E-state index contributed by atoms with van der Waals surface area (Å²) in [6, 6.07) is 7.44. The van der Waals surface area contributed by atoms with Gasteiger partial charge in [-0.2, -0.15) is 0 Å². The Kier molecular flexibility index (Phi) is 4.44. The third-order valence-corrected chi connectivity index (χ3v) is 3.58. The van der Waals surface area contributed by atoms with Crippen LogP contribution in [0, 0.1) is 11.6 Å². The van der Waals surface area contributed by atoms with Gasteiger partial charge >= 0.3 is 0 Å². The van der Waals surface area contributed by atoms with Gasteiger partial charge in [0.1, 0.15) is 11.6 Å². The highest BCUT2D eigenvalue weighted by Gasteiger charge is 2.16. The van der Waals surface area contributed by atoms with Gasteiger partial charge in [-0.1, -0.05) is 13.0 Å². The van der Waals surface area contributed by atoms with Crippen LogP contribution in [0.3, 0.4) is 0 Å². The lowest BCUT2D eigenvalue weighted by Crippen LogP contribution is -2.22. The first-order valence-electron chi connectivity index (χ1n) is 5.93. The van der Waals surface area contributed by atoms with Gasteiger partial charge in [0.05, 0.1) is 6.04 Å². The van der Waals surface area contributed by atoms with Crippen LogP contribution < -0.4 is 5.32 Å². The molecule has 1 aromatic carbocycles. The molecule has 1 atom stereocenters. The average Bonchev–Trinajstić information content (AvgIpc) is 2.82. The summed E-state index contributed by atoms with van der Waals surface area (Å²) in [5.41, 5.74) is 0.628. The number of hydrogen-bond acceptors (Lipinski definition) is 2. The van der Waals surface area contributed by atoms with E-state index in [2.05, 4.69) is 12.2 Å². The Morgan fingerprint density at radius 1 is 1.22 bits per heavy atom. The second kappa shape index (κ2) is 6.07. The van der Waals surface area contributed by atoms with Gasteiger partial charge in [0.2, 0.25) is 0 Å². The van der Waals surface area contributed by atoms with Crippen LogP contribution in [0.2, 0.25) is 0 Å². The number of hydrogen-bond donors (Lipinski definition) is 1. The fraction of sp³-hybridized carbons (Fsp3) is 0.286. The molecule has 0 aliphatic carbocycles. The van der Waals surface area contributed by atoms with E-state index in [1.807, 2.05) is 17.5 Å². The molecule has 2 rings (SSSR count). The van der Waals surface area contributed by atoms with Gasteiger partial charge in [-0.3, -0.25) is 0 Å². The quantitative estimate of drug-likeness (QED) is 0.859. The molecule has 0 saturated carbocycles. The summed E-state index contributed by atoms with van der Waals surface area (Å²) in [4.78, 5) is 1.06. The summed E-state index contributed by atoms with van der Waals surface area (Å²) < 4.78 is 26.6. The van der Waals surface area contributed by atoms with Crippen molar-refractivity contribution in [3.8, 4) is 0 Å². The molecule has 2 aromatic rings. The van der Waals surface area contributed by atoms with Crippen molar-refractivity contribution in [1.82, 2.24) is 5.32 Å². The standard InChI is InChI=1S/C14H15F2NS/c1-2-5-17-14(13-4-3-6-18-13)10-7-11(15)9-12(16)8-10/h3-4,6-9,14,17H,2,5H2,1H3. The molecule has 1 nitrogen and oxygen atoms in total. The van der Waals surface area contributed by atoms with Gasteiger partial charge in [0.15, 0.2) is 0 Å². The summed E-state index contributed by atoms with van der Waals surface area (Å²) in [6.45, 7) is 2.87. The maximum absolute atomic E-state index is 13.3. The molecule has 1 N–H and O–H groups in total. The van der Waals surface area contributed by atoms with Crippen LogP contribution in [0.5, 0.6) is 0 Å². The van der Waals surface area contributed by atoms with Crippen LogP contribution in [0.15, 0.2) is 35.7 Å². The second-order valence-corrected chi connectivity index (χ2v) is 5.08. The molecule has 0 spiro atoms. The van der Waals surface area contributed by atoms with E-state index < -0.39 is 11.6 Å². The molecule has 0 aliphatic heterocycles. The Morgan fingerprint density at radius 2 is 1.94 bits per heavy atom. The van der Waals surface area contributed by atoms with E-state index in [0.717, 1.165) is 23.9 Å². The van der Waals surface area contributed by atoms with Crippen molar-refractivity contribution in [1.29, 1.82) is 0 Å². The zero-order valence-corrected chi connectivity index (χ0v) is 10.9. The molecular formula is C14H15F2NS. The van der Waals surface area contributed by atoms with E-state index in [1.54, 1.807) is 11.3 Å². The lowest BCUT2D eigenvalue weighted by molar-refractivity contribution is 0.561. The SMILES string of the molecule is CCCNC(c1cc(F)cc(F)c1)c1cccs1. The zero-order chi connectivity index (χ0) is 13.0. The van der Waals surface area contributed by atoms with Gasteiger partial charge < -0.3 is 5.32 Å².